The molecule has 0 aliphatic heterocycles. The second kappa shape index (κ2) is 16.8. The van der Waals surface area contributed by atoms with Crippen molar-refractivity contribution in [1.82, 2.24) is 9.97 Å². The Kier molecular flexibility index (Phi) is 14.0. The van der Waals surface area contributed by atoms with Crippen molar-refractivity contribution < 1.29 is 10.2 Å². The van der Waals surface area contributed by atoms with Crippen LogP contribution in [-0.2, 0) is 6.42 Å². The highest BCUT2D eigenvalue weighted by Crippen LogP contribution is 2.24. The lowest BCUT2D eigenvalue weighted by Gasteiger charge is -2.18. The fourth-order valence-electron chi connectivity index (χ4n) is 4.26. The maximum atomic E-state index is 10.5. The van der Waals surface area contributed by atoms with Crippen molar-refractivity contribution >= 4 is 0 Å². The van der Waals surface area contributed by atoms with Gasteiger partial charge in [0.25, 0.3) is 0 Å². The number of hydrogen-bond acceptors (Lipinski definition) is 4. The summed E-state index contributed by atoms with van der Waals surface area (Å²) in [5.74, 6) is 0.701. The van der Waals surface area contributed by atoms with Crippen molar-refractivity contribution in [2.24, 2.45) is 0 Å². The third-order valence-corrected chi connectivity index (χ3v) is 6.50. The molecule has 1 heterocycles. The molecule has 2 N–H and O–H groups in total. The Morgan fingerprint density at radius 1 is 0.667 bits per heavy atom. The minimum atomic E-state index is -0.847. The molecule has 4 heteroatoms. The van der Waals surface area contributed by atoms with E-state index in [1.807, 2.05) is 36.7 Å². The molecule has 1 aromatic heterocycles. The number of aryl methyl sites for hydroxylation is 1. The van der Waals surface area contributed by atoms with Gasteiger partial charge in [-0.25, -0.2) is 9.97 Å². The molecule has 0 spiro atoms. The van der Waals surface area contributed by atoms with E-state index in [0.29, 0.717) is 12.2 Å². The number of hydrogen-bond donors (Lipinski definition) is 2. The molecule has 0 saturated heterocycles. The van der Waals surface area contributed by atoms with E-state index in [1.165, 1.54) is 76.2 Å². The molecule has 0 bridgehead atoms. The summed E-state index contributed by atoms with van der Waals surface area (Å²) in [4.78, 5) is 9.10. The summed E-state index contributed by atoms with van der Waals surface area (Å²) in [7, 11) is 0. The van der Waals surface area contributed by atoms with Gasteiger partial charge in [0, 0.05) is 18.0 Å². The molecule has 0 saturated carbocycles. The fourth-order valence-corrected chi connectivity index (χ4v) is 4.26. The third-order valence-electron chi connectivity index (χ3n) is 6.50. The van der Waals surface area contributed by atoms with Gasteiger partial charge in [0.05, 0.1) is 6.10 Å². The van der Waals surface area contributed by atoms with E-state index in [0.717, 1.165) is 30.4 Å². The van der Waals surface area contributed by atoms with Gasteiger partial charge in [0.2, 0.25) is 0 Å². The summed E-state index contributed by atoms with van der Waals surface area (Å²) in [6.45, 7) is 4.45. The van der Waals surface area contributed by atoms with Crippen LogP contribution in [0.5, 0.6) is 0 Å². The van der Waals surface area contributed by atoms with E-state index in [2.05, 4.69) is 23.8 Å². The van der Waals surface area contributed by atoms with Gasteiger partial charge in [-0.3, -0.25) is 0 Å². The van der Waals surface area contributed by atoms with Crippen molar-refractivity contribution in [3.05, 3.63) is 47.8 Å². The highest BCUT2D eigenvalue weighted by Gasteiger charge is 2.18. The Balaban J connectivity index is 1.74. The average Bonchev–Trinajstić information content (AvgIpc) is 2.85. The molecule has 0 aliphatic carbocycles. The van der Waals surface area contributed by atoms with Gasteiger partial charge in [0.1, 0.15) is 6.10 Å². The average molecular weight is 455 g/mol. The largest absolute Gasteiger partial charge is 0.390 e. The smallest absolute Gasteiger partial charge is 0.159 e. The first-order chi connectivity index (χ1) is 16.2. The molecule has 0 radical (unpaired) electrons. The molecule has 2 atom stereocenters. The summed E-state index contributed by atoms with van der Waals surface area (Å²) in [5.41, 5.74) is 2.86. The van der Waals surface area contributed by atoms with Crippen LogP contribution in [0.25, 0.3) is 11.4 Å². The SMILES string of the molecule is CCCCCCCCCCc1cnc(-c2ccc([C@@H](O)[C@@H](O)CCCCCCC)cc2)nc1. The maximum Gasteiger partial charge on any atom is 0.159 e. The number of nitrogens with zero attached hydrogens (tertiary/aromatic N) is 2. The van der Waals surface area contributed by atoms with Crippen molar-refractivity contribution in [1.29, 1.82) is 0 Å². The van der Waals surface area contributed by atoms with Crippen LogP contribution in [0.4, 0.5) is 0 Å². The monoisotopic (exact) mass is 454 g/mol. The van der Waals surface area contributed by atoms with E-state index in [-0.39, 0.29) is 0 Å². The summed E-state index contributed by atoms with van der Waals surface area (Å²) < 4.78 is 0. The van der Waals surface area contributed by atoms with Crippen LogP contribution in [-0.4, -0.2) is 26.3 Å². The molecule has 33 heavy (non-hydrogen) atoms. The molecule has 1 aromatic carbocycles. The molecule has 184 valence electrons. The number of aromatic nitrogens is 2. The highest BCUT2D eigenvalue weighted by molar-refractivity contribution is 5.55. The highest BCUT2D eigenvalue weighted by atomic mass is 16.3. The third kappa shape index (κ3) is 10.8. The Morgan fingerprint density at radius 3 is 1.76 bits per heavy atom. The number of aliphatic hydroxyl groups is 2. The van der Waals surface area contributed by atoms with Gasteiger partial charge < -0.3 is 10.2 Å². The van der Waals surface area contributed by atoms with Crippen LogP contribution in [0.2, 0.25) is 0 Å². The van der Waals surface area contributed by atoms with Gasteiger partial charge in [-0.1, -0.05) is 115 Å². The van der Waals surface area contributed by atoms with E-state index in [4.69, 9.17) is 0 Å². The summed E-state index contributed by atoms with van der Waals surface area (Å²) in [6, 6.07) is 7.61. The second-order valence-electron chi connectivity index (χ2n) is 9.48. The van der Waals surface area contributed by atoms with E-state index < -0.39 is 12.2 Å². The molecular weight excluding hydrogens is 408 g/mol. The zero-order valence-electron chi connectivity index (χ0n) is 21.0. The van der Waals surface area contributed by atoms with Crippen LogP contribution < -0.4 is 0 Å². The zero-order chi connectivity index (χ0) is 23.7. The van der Waals surface area contributed by atoms with Crippen molar-refractivity contribution in [3.63, 3.8) is 0 Å². The molecule has 4 nitrogen and oxygen atoms in total. The van der Waals surface area contributed by atoms with Crippen LogP contribution in [0.3, 0.4) is 0 Å². The Morgan fingerprint density at radius 2 is 1.18 bits per heavy atom. The topological polar surface area (TPSA) is 66.2 Å². The van der Waals surface area contributed by atoms with E-state index in [1.54, 1.807) is 0 Å². The predicted octanol–water partition coefficient (Wildman–Crippen LogP) is 7.58. The first-order valence-corrected chi connectivity index (χ1v) is 13.4. The molecule has 0 aliphatic rings. The second-order valence-corrected chi connectivity index (χ2v) is 9.48. The minimum absolute atomic E-state index is 0.635. The molecule has 0 amide bonds. The quantitative estimate of drug-likeness (QED) is 0.228. The zero-order valence-corrected chi connectivity index (χ0v) is 21.0. The first kappa shape index (κ1) is 27.5. The standard InChI is InChI=1S/C29H46N2O2/c1-3-5-7-9-10-11-13-14-16-24-22-30-29(31-23-24)26-20-18-25(19-21-26)28(33)27(32)17-15-12-8-6-4-2/h18-23,27-28,32-33H,3-17H2,1-2H3/t27-,28+/m0/s1. The van der Waals surface area contributed by atoms with Crippen LogP contribution in [0.1, 0.15) is 121 Å². The Labute approximate surface area is 201 Å². The Bertz CT molecular complexity index is 730. The van der Waals surface area contributed by atoms with Crippen molar-refractivity contribution in [2.75, 3.05) is 0 Å². The van der Waals surface area contributed by atoms with Gasteiger partial charge in [-0.15, -0.1) is 0 Å². The number of unbranched alkanes of at least 4 members (excludes halogenated alkanes) is 11. The van der Waals surface area contributed by atoms with E-state index in [9.17, 15) is 10.2 Å². The van der Waals surface area contributed by atoms with Crippen molar-refractivity contribution in [3.8, 4) is 11.4 Å². The van der Waals surface area contributed by atoms with Gasteiger partial charge in [-0.05, 0) is 30.4 Å². The van der Waals surface area contributed by atoms with Crippen molar-refractivity contribution in [2.45, 2.75) is 122 Å². The lowest BCUT2D eigenvalue weighted by Crippen LogP contribution is -2.18. The number of aliphatic hydroxyl groups excluding tert-OH is 2. The Hall–Kier alpha value is -1.78. The van der Waals surface area contributed by atoms with Gasteiger partial charge >= 0.3 is 0 Å². The lowest BCUT2D eigenvalue weighted by molar-refractivity contribution is 0.0120. The number of benzene rings is 1. The first-order valence-electron chi connectivity index (χ1n) is 13.4. The minimum Gasteiger partial charge on any atom is -0.390 e. The molecular formula is C29H46N2O2. The van der Waals surface area contributed by atoms with Gasteiger partial charge in [0.15, 0.2) is 5.82 Å². The van der Waals surface area contributed by atoms with Crippen LogP contribution in [0, 0.1) is 0 Å². The molecule has 2 rings (SSSR count). The summed E-state index contributed by atoms with van der Waals surface area (Å²) in [5, 5.41) is 20.8. The van der Waals surface area contributed by atoms with Gasteiger partial charge in [-0.2, -0.15) is 0 Å². The van der Waals surface area contributed by atoms with E-state index >= 15 is 0 Å². The number of rotatable bonds is 18. The molecule has 2 aromatic rings. The normalized spacial score (nSPS) is 13.2. The molecule has 0 fully saturated rings. The summed E-state index contributed by atoms with van der Waals surface area (Å²) in [6.07, 6.45) is 20.3. The maximum absolute atomic E-state index is 10.5. The predicted molar refractivity (Wildman–Crippen MR) is 138 cm³/mol. The van der Waals surface area contributed by atoms with Crippen LogP contribution >= 0.6 is 0 Å². The summed E-state index contributed by atoms with van der Waals surface area (Å²) >= 11 is 0. The molecule has 0 unspecified atom stereocenters. The van der Waals surface area contributed by atoms with Crippen LogP contribution in [0.15, 0.2) is 36.7 Å². The lowest BCUT2D eigenvalue weighted by atomic mass is 9.98. The fraction of sp³-hybridized carbons (Fsp3) is 0.655.